The predicted octanol–water partition coefficient (Wildman–Crippen LogP) is 4.89. The maximum Gasteiger partial charge on any atom is 0.123 e. The van der Waals surface area contributed by atoms with E-state index in [2.05, 4.69) is 19.2 Å². The fraction of sp³-hybridized carbons (Fsp3) is 0.250. The van der Waals surface area contributed by atoms with Crippen molar-refractivity contribution in [3.8, 4) is 0 Å². The lowest BCUT2D eigenvalue weighted by molar-refractivity contribution is 0.494. The summed E-state index contributed by atoms with van der Waals surface area (Å²) in [5.41, 5.74) is 2.25. The molecule has 2 aromatic rings. The van der Waals surface area contributed by atoms with Gasteiger partial charge in [-0.25, -0.2) is 4.39 Å². The standard InChI is InChI=1S/C16H17ClFN/c1-11(13-3-7-15(17)8-4-13)19-12(2)14-5-9-16(18)10-6-14/h3-12,19H,1-2H3/t11?,12-/m1/s1. The Bertz CT molecular complexity index is 472. The zero-order valence-electron chi connectivity index (χ0n) is 11.0. The molecule has 0 fully saturated rings. The zero-order chi connectivity index (χ0) is 13.8. The summed E-state index contributed by atoms with van der Waals surface area (Å²) in [6.07, 6.45) is 0. The molecule has 0 radical (unpaired) electrons. The number of benzene rings is 2. The second kappa shape index (κ2) is 6.18. The highest BCUT2D eigenvalue weighted by molar-refractivity contribution is 6.30. The third-order valence-electron chi connectivity index (χ3n) is 3.24. The minimum atomic E-state index is -0.207. The Morgan fingerprint density at radius 2 is 1.26 bits per heavy atom. The normalized spacial score (nSPS) is 14.1. The number of hydrogen-bond donors (Lipinski definition) is 1. The topological polar surface area (TPSA) is 12.0 Å². The maximum absolute atomic E-state index is 12.9. The van der Waals surface area contributed by atoms with E-state index in [4.69, 9.17) is 11.6 Å². The lowest BCUT2D eigenvalue weighted by atomic mass is 10.0. The molecule has 1 N–H and O–H groups in total. The van der Waals surface area contributed by atoms with Gasteiger partial charge in [-0.2, -0.15) is 0 Å². The molecule has 2 aromatic carbocycles. The van der Waals surface area contributed by atoms with E-state index in [1.807, 2.05) is 36.4 Å². The van der Waals surface area contributed by atoms with Crippen LogP contribution in [0.2, 0.25) is 5.02 Å². The van der Waals surface area contributed by atoms with Crippen molar-refractivity contribution in [3.05, 3.63) is 70.5 Å². The van der Waals surface area contributed by atoms with Crippen molar-refractivity contribution in [3.63, 3.8) is 0 Å². The second-order valence-corrected chi connectivity index (χ2v) is 5.15. The summed E-state index contributed by atoms with van der Waals surface area (Å²) >= 11 is 5.88. The zero-order valence-corrected chi connectivity index (χ0v) is 11.8. The van der Waals surface area contributed by atoms with Gasteiger partial charge in [0.05, 0.1) is 0 Å². The van der Waals surface area contributed by atoms with Gasteiger partial charge in [-0.1, -0.05) is 35.9 Å². The molecule has 2 rings (SSSR count). The quantitative estimate of drug-likeness (QED) is 0.839. The molecule has 2 atom stereocenters. The van der Waals surface area contributed by atoms with E-state index in [0.717, 1.165) is 10.6 Å². The van der Waals surface area contributed by atoms with Crippen molar-refractivity contribution in [1.29, 1.82) is 0 Å². The molecular weight excluding hydrogens is 261 g/mol. The Morgan fingerprint density at radius 3 is 1.74 bits per heavy atom. The minimum Gasteiger partial charge on any atom is -0.304 e. The van der Waals surface area contributed by atoms with Crippen molar-refractivity contribution in [2.45, 2.75) is 25.9 Å². The molecule has 0 aliphatic heterocycles. The van der Waals surface area contributed by atoms with Crippen molar-refractivity contribution in [1.82, 2.24) is 5.32 Å². The van der Waals surface area contributed by atoms with Crippen molar-refractivity contribution < 1.29 is 4.39 Å². The van der Waals surface area contributed by atoms with Crippen LogP contribution in [0.3, 0.4) is 0 Å². The van der Waals surface area contributed by atoms with Crippen molar-refractivity contribution in [2.24, 2.45) is 0 Å². The summed E-state index contributed by atoms with van der Waals surface area (Å²) in [6.45, 7) is 4.17. The van der Waals surface area contributed by atoms with Crippen LogP contribution in [0.5, 0.6) is 0 Å². The van der Waals surface area contributed by atoms with Gasteiger partial charge >= 0.3 is 0 Å². The molecule has 0 aliphatic carbocycles. The van der Waals surface area contributed by atoms with Gasteiger partial charge in [-0.15, -0.1) is 0 Å². The van der Waals surface area contributed by atoms with Crippen LogP contribution in [-0.4, -0.2) is 0 Å². The van der Waals surface area contributed by atoms with Crippen LogP contribution in [-0.2, 0) is 0 Å². The number of nitrogens with one attached hydrogen (secondary N) is 1. The van der Waals surface area contributed by atoms with E-state index in [1.54, 1.807) is 0 Å². The molecule has 0 saturated carbocycles. The maximum atomic E-state index is 12.9. The van der Waals surface area contributed by atoms with Crippen LogP contribution >= 0.6 is 11.6 Å². The lowest BCUT2D eigenvalue weighted by Crippen LogP contribution is -2.22. The largest absolute Gasteiger partial charge is 0.304 e. The lowest BCUT2D eigenvalue weighted by Gasteiger charge is -2.21. The van der Waals surface area contributed by atoms with Crippen LogP contribution < -0.4 is 5.32 Å². The minimum absolute atomic E-state index is 0.159. The van der Waals surface area contributed by atoms with Gasteiger partial charge in [0.2, 0.25) is 0 Å². The van der Waals surface area contributed by atoms with Gasteiger partial charge in [0.25, 0.3) is 0 Å². The molecular formula is C16H17ClFN. The average molecular weight is 278 g/mol. The Hall–Kier alpha value is -1.38. The first kappa shape index (κ1) is 14.0. The van der Waals surface area contributed by atoms with E-state index >= 15 is 0 Å². The summed E-state index contributed by atoms with van der Waals surface area (Å²) in [6, 6.07) is 14.7. The third-order valence-corrected chi connectivity index (χ3v) is 3.49. The molecule has 0 amide bonds. The molecule has 0 aromatic heterocycles. The molecule has 1 nitrogen and oxygen atoms in total. The first-order chi connectivity index (χ1) is 9.06. The molecule has 0 aliphatic rings. The SMILES string of the molecule is CC(N[C@H](C)c1ccc(F)cc1)c1ccc(Cl)cc1. The summed E-state index contributed by atoms with van der Waals surface area (Å²) < 4.78 is 12.9. The highest BCUT2D eigenvalue weighted by atomic mass is 35.5. The summed E-state index contributed by atoms with van der Waals surface area (Å²) in [4.78, 5) is 0. The van der Waals surface area contributed by atoms with Gasteiger partial charge in [0.15, 0.2) is 0 Å². The van der Waals surface area contributed by atoms with Gasteiger partial charge in [0, 0.05) is 17.1 Å². The van der Waals surface area contributed by atoms with Gasteiger partial charge in [0.1, 0.15) is 5.82 Å². The first-order valence-corrected chi connectivity index (χ1v) is 6.71. The molecule has 19 heavy (non-hydrogen) atoms. The third kappa shape index (κ3) is 3.79. The van der Waals surface area contributed by atoms with E-state index in [0.29, 0.717) is 0 Å². The summed E-state index contributed by atoms with van der Waals surface area (Å²) in [5.74, 6) is -0.207. The Morgan fingerprint density at radius 1 is 0.842 bits per heavy atom. The van der Waals surface area contributed by atoms with Crippen LogP contribution in [0.1, 0.15) is 37.1 Å². The smallest absolute Gasteiger partial charge is 0.123 e. The Balaban J connectivity index is 2.03. The Kier molecular flexibility index (Phi) is 4.56. The molecule has 0 heterocycles. The molecule has 0 spiro atoms. The Labute approximate surface area is 118 Å². The van der Waals surface area contributed by atoms with Crippen LogP contribution in [0.15, 0.2) is 48.5 Å². The second-order valence-electron chi connectivity index (χ2n) is 4.71. The number of hydrogen-bond acceptors (Lipinski definition) is 1. The molecule has 100 valence electrons. The van der Waals surface area contributed by atoms with Gasteiger partial charge in [-0.3, -0.25) is 0 Å². The first-order valence-electron chi connectivity index (χ1n) is 6.33. The van der Waals surface area contributed by atoms with E-state index in [-0.39, 0.29) is 17.9 Å². The van der Waals surface area contributed by atoms with E-state index in [1.165, 1.54) is 17.7 Å². The number of halogens is 2. The van der Waals surface area contributed by atoms with Gasteiger partial charge in [-0.05, 0) is 49.2 Å². The van der Waals surface area contributed by atoms with Gasteiger partial charge < -0.3 is 5.32 Å². The number of rotatable bonds is 4. The van der Waals surface area contributed by atoms with Crippen LogP contribution in [0.25, 0.3) is 0 Å². The molecule has 1 unspecified atom stereocenters. The predicted molar refractivity (Wildman–Crippen MR) is 77.8 cm³/mol. The summed E-state index contributed by atoms with van der Waals surface area (Å²) in [7, 11) is 0. The molecule has 0 saturated heterocycles. The van der Waals surface area contributed by atoms with E-state index < -0.39 is 0 Å². The fourth-order valence-electron chi connectivity index (χ4n) is 2.07. The van der Waals surface area contributed by atoms with Crippen molar-refractivity contribution >= 4 is 11.6 Å². The van der Waals surface area contributed by atoms with Crippen LogP contribution in [0, 0.1) is 5.82 Å². The highest BCUT2D eigenvalue weighted by Gasteiger charge is 2.11. The molecule has 3 heteroatoms. The van der Waals surface area contributed by atoms with Crippen LogP contribution in [0.4, 0.5) is 4.39 Å². The fourth-order valence-corrected chi connectivity index (χ4v) is 2.20. The van der Waals surface area contributed by atoms with E-state index in [9.17, 15) is 4.39 Å². The monoisotopic (exact) mass is 277 g/mol. The van der Waals surface area contributed by atoms with Crippen molar-refractivity contribution in [2.75, 3.05) is 0 Å². The average Bonchev–Trinajstić information content (AvgIpc) is 2.40. The molecule has 0 bridgehead atoms. The highest BCUT2D eigenvalue weighted by Crippen LogP contribution is 2.21. The summed E-state index contributed by atoms with van der Waals surface area (Å²) in [5, 5.41) is 4.22.